The SMILES string of the molecule is N[C@H](Nc1cc(F)c(S(=O)(=O)Nc2ccnc(C(F)(F)F)n2)cc1Cl)c1ccccc1Cl. The Morgan fingerprint density at radius 3 is 2.41 bits per heavy atom. The molecule has 32 heavy (non-hydrogen) atoms. The summed E-state index contributed by atoms with van der Waals surface area (Å²) in [5, 5.41) is 2.85. The van der Waals surface area contributed by atoms with Crippen molar-refractivity contribution < 1.29 is 26.0 Å². The van der Waals surface area contributed by atoms with Crippen molar-refractivity contribution >= 4 is 44.7 Å². The summed E-state index contributed by atoms with van der Waals surface area (Å²) < 4.78 is 79.6. The number of nitrogens with one attached hydrogen (secondary N) is 2. The van der Waals surface area contributed by atoms with Gasteiger partial charge in [0.15, 0.2) is 0 Å². The zero-order chi connectivity index (χ0) is 23.7. The number of halogens is 6. The van der Waals surface area contributed by atoms with Crippen LogP contribution >= 0.6 is 23.2 Å². The number of anilines is 2. The molecule has 0 aliphatic carbocycles. The Bertz CT molecular complexity index is 1260. The molecule has 0 unspecified atom stereocenters. The fourth-order valence-electron chi connectivity index (χ4n) is 2.56. The molecule has 14 heteroatoms. The van der Waals surface area contributed by atoms with Gasteiger partial charge in [-0.05, 0) is 24.3 Å². The molecule has 0 radical (unpaired) electrons. The van der Waals surface area contributed by atoms with Crippen LogP contribution in [0, 0.1) is 5.82 Å². The molecule has 0 saturated carbocycles. The molecular formula is C18H13Cl2F4N5O2S. The number of nitrogens with two attached hydrogens (primary N) is 1. The van der Waals surface area contributed by atoms with Gasteiger partial charge in [-0.25, -0.2) is 22.8 Å². The third kappa shape index (κ3) is 5.38. The van der Waals surface area contributed by atoms with E-state index < -0.39 is 44.7 Å². The predicted molar refractivity (Wildman–Crippen MR) is 111 cm³/mol. The van der Waals surface area contributed by atoms with E-state index in [0.717, 1.165) is 18.2 Å². The largest absolute Gasteiger partial charge is 0.451 e. The second-order valence-electron chi connectivity index (χ2n) is 6.27. The lowest BCUT2D eigenvalue weighted by Crippen LogP contribution is -2.21. The summed E-state index contributed by atoms with van der Waals surface area (Å²) in [6.07, 6.45) is -5.09. The minimum atomic E-state index is -4.90. The van der Waals surface area contributed by atoms with Crippen LogP contribution in [0.2, 0.25) is 10.0 Å². The van der Waals surface area contributed by atoms with Crippen molar-refractivity contribution in [2.75, 3.05) is 10.0 Å². The number of alkyl halides is 3. The average molecular weight is 510 g/mol. The molecule has 7 nitrogen and oxygen atoms in total. The molecule has 3 aromatic rings. The van der Waals surface area contributed by atoms with E-state index in [9.17, 15) is 26.0 Å². The highest BCUT2D eigenvalue weighted by atomic mass is 35.5. The van der Waals surface area contributed by atoms with Gasteiger partial charge in [0.2, 0.25) is 5.82 Å². The van der Waals surface area contributed by atoms with Crippen molar-refractivity contribution in [1.82, 2.24) is 9.97 Å². The summed E-state index contributed by atoms with van der Waals surface area (Å²) in [5.41, 5.74) is 6.46. The van der Waals surface area contributed by atoms with Crippen LogP contribution in [-0.2, 0) is 16.2 Å². The van der Waals surface area contributed by atoms with Gasteiger partial charge >= 0.3 is 6.18 Å². The van der Waals surface area contributed by atoms with Crippen molar-refractivity contribution in [2.45, 2.75) is 17.2 Å². The summed E-state index contributed by atoms with van der Waals surface area (Å²) in [7, 11) is -4.68. The molecule has 0 aliphatic rings. The zero-order valence-electron chi connectivity index (χ0n) is 15.7. The van der Waals surface area contributed by atoms with Crippen LogP contribution in [0.5, 0.6) is 0 Å². The van der Waals surface area contributed by atoms with Crippen molar-refractivity contribution in [3.63, 3.8) is 0 Å². The van der Waals surface area contributed by atoms with E-state index in [1.54, 1.807) is 29.0 Å². The minimum absolute atomic E-state index is 0.0306. The summed E-state index contributed by atoms with van der Waals surface area (Å²) in [5.74, 6) is -3.50. The van der Waals surface area contributed by atoms with Gasteiger partial charge in [0.1, 0.15) is 22.7 Å². The van der Waals surface area contributed by atoms with Crippen LogP contribution in [0.25, 0.3) is 0 Å². The fourth-order valence-corrected chi connectivity index (χ4v) is 4.19. The normalized spacial score (nSPS) is 13.0. The van der Waals surface area contributed by atoms with E-state index in [4.69, 9.17) is 28.9 Å². The number of sulfonamides is 1. The lowest BCUT2D eigenvalue weighted by molar-refractivity contribution is -0.144. The highest BCUT2D eigenvalue weighted by Crippen LogP contribution is 2.32. The average Bonchev–Trinajstić information content (AvgIpc) is 2.70. The van der Waals surface area contributed by atoms with Crippen LogP contribution in [0.4, 0.5) is 29.1 Å². The first-order chi connectivity index (χ1) is 14.9. The highest BCUT2D eigenvalue weighted by molar-refractivity contribution is 7.92. The standard InChI is InChI=1S/C18H13Cl2F4N5O2S/c19-10-4-2-1-3-9(10)16(25)27-13-8-12(21)14(7-11(13)20)32(30,31)29-15-5-6-26-17(28-15)18(22,23)24/h1-8,16,27H,25H2,(H,26,28,29)/t16-/m1/s1. The molecule has 0 amide bonds. The van der Waals surface area contributed by atoms with Crippen LogP contribution < -0.4 is 15.8 Å². The molecule has 1 heterocycles. The number of benzene rings is 2. The third-order valence-corrected chi connectivity index (χ3v) is 6.04. The molecule has 4 N–H and O–H groups in total. The van der Waals surface area contributed by atoms with E-state index in [1.165, 1.54) is 0 Å². The van der Waals surface area contributed by atoms with Gasteiger partial charge in [0.25, 0.3) is 10.0 Å². The first kappa shape index (κ1) is 24.0. The van der Waals surface area contributed by atoms with E-state index in [1.807, 2.05) is 0 Å². The van der Waals surface area contributed by atoms with Crippen molar-refractivity contribution in [2.24, 2.45) is 5.73 Å². The second-order valence-corrected chi connectivity index (χ2v) is 8.74. The Morgan fingerprint density at radius 1 is 1.06 bits per heavy atom. The van der Waals surface area contributed by atoms with Gasteiger partial charge in [-0.2, -0.15) is 13.2 Å². The molecule has 1 atom stereocenters. The smallest absolute Gasteiger partial charge is 0.365 e. The molecule has 0 bridgehead atoms. The summed E-state index contributed by atoms with van der Waals surface area (Å²) in [6.45, 7) is 0. The van der Waals surface area contributed by atoms with Crippen LogP contribution in [0.1, 0.15) is 17.6 Å². The number of nitrogens with zero attached hydrogens (tertiary/aromatic N) is 2. The lowest BCUT2D eigenvalue weighted by Gasteiger charge is -2.18. The van der Waals surface area contributed by atoms with Crippen molar-refractivity contribution in [1.29, 1.82) is 0 Å². The Hall–Kier alpha value is -2.67. The van der Waals surface area contributed by atoms with Crippen LogP contribution in [0.3, 0.4) is 0 Å². The maximum absolute atomic E-state index is 14.6. The van der Waals surface area contributed by atoms with Gasteiger partial charge in [0.05, 0.1) is 10.7 Å². The van der Waals surface area contributed by atoms with Gasteiger partial charge in [0, 0.05) is 16.8 Å². The second kappa shape index (κ2) is 9.06. The maximum Gasteiger partial charge on any atom is 0.451 e. The van der Waals surface area contributed by atoms with Gasteiger partial charge in [-0.3, -0.25) is 4.72 Å². The summed E-state index contributed by atoms with van der Waals surface area (Å²) in [6, 6.07) is 9.05. The number of hydrogen-bond acceptors (Lipinski definition) is 6. The predicted octanol–water partition coefficient (Wildman–Crippen LogP) is 4.81. The lowest BCUT2D eigenvalue weighted by atomic mass is 10.1. The molecule has 0 saturated heterocycles. The van der Waals surface area contributed by atoms with E-state index >= 15 is 0 Å². The zero-order valence-corrected chi connectivity index (χ0v) is 18.0. The first-order valence-corrected chi connectivity index (χ1v) is 10.8. The fraction of sp³-hybridized carbons (Fsp3) is 0.111. The van der Waals surface area contributed by atoms with E-state index in [-0.39, 0.29) is 10.7 Å². The Kier molecular flexibility index (Phi) is 6.79. The van der Waals surface area contributed by atoms with Gasteiger partial charge in [-0.1, -0.05) is 41.4 Å². The molecule has 2 aromatic carbocycles. The highest BCUT2D eigenvalue weighted by Gasteiger charge is 2.35. The first-order valence-electron chi connectivity index (χ1n) is 8.57. The molecular weight excluding hydrogens is 497 g/mol. The topological polar surface area (TPSA) is 110 Å². The Labute approximate surface area is 189 Å². The maximum atomic E-state index is 14.6. The number of aromatic nitrogens is 2. The van der Waals surface area contributed by atoms with Crippen molar-refractivity contribution in [3.8, 4) is 0 Å². The molecule has 1 aromatic heterocycles. The Balaban J connectivity index is 1.88. The summed E-state index contributed by atoms with van der Waals surface area (Å²) >= 11 is 12.1. The molecule has 0 spiro atoms. The van der Waals surface area contributed by atoms with E-state index in [2.05, 4.69) is 15.3 Å². The van der Waals surface area contributed by atoms with Crippen molar-refractivity contribution in [3.05, 3.63) is 75.9 Å². The quantitative estimate of drug-likeness (QED) is 0.324. The third-order valence-electron chi connectivity index (χ3n) is 4.01. The Morgan fingerprint density at radius 2 is 1.75 bits per heavy atom. The monoisotopic (exact) mass is 509 g/mol. The van der Waals surface area contributed by atoms with Gasteiger partial charge < -0.3 is 11.1 Å². The molecule has 0 aliphatic heterocycles. The van der Waals surface area contributed by atoms with Crippen LogP contribution in [-0.4, -0.2) is 18.4 Å². The van der Waals surface area contributed by atoms with E-state index in [0.29, 0.717) is 16.8 Å². The minimum Gasteiger partial charge on any atom is -0.365 e. The van der Waals surface area contributed by atoms with Gasteiger partial charge in [-0.15, -0.1) is 0 Å². The number of hydrogen-bond donors (Lipinski definition) is 3. The molecule has 3 rings (SSSR count). The number of rotatable bonds is 6. The summed E-state index contributed by atoms with van der Waals surface area (Å²) in [4.78, 5) is 5.19. The molecule has 170 valence electrons. The molecule has 0 fully saturated rings. The van der Waals surface area contributed by atoms with Crippen LogP contribution in [0.15, 0.2) is 53.6 Å².